The number of ether oxygens (including phenoxy) is 1. The summed E-state index contributed by atoms with van der Waals surface area (Å²) in [6.45, 7) is 5.96. The Kier molecular flexibility index (Phi) is 4.89. The van der Waals surface area contributed by atoms with Gasteiger partial charge in [-0.3, -0.25) is 9.67 Å². The molecule has 0 spiro atoms. The number of rotatable bonds is 5. The van der Waals surface area contributed by atoms with Gasteiger partial charge in [-0.2, -0.15) is 5.10 Å². The largest absolute Gasteiger partial charge is 0.467 e. The molecule has 0 aliphatic heterocycles. The van der Waals surface area contributed by atoms with Crippen molar-refractivity contribution < 1.29 is 9.26 Å². The van der Waals surface area contributed by atoms with Gasteiger partial charge in [0.25, 0.3) is 0 Å². The maximum absolute atomic E-state index is 5.39. The van der Waals surface area contributed by atoms with E-state index in [0.29, 0.717) is 6.01 Å². The summed E-state index contributed by atoms with van der Waals surface area (Å²) in [5.41, 5.74) is 6.40. The Labute approximate surface area is 184 Å². The molecule has 0 aliphatic rings. The Hall–Kier alpha value is -4.07. The molecule has 4 heterocycles. The molecule has 0 N–H and O–H groups in total. The lowest BCUT2D eigenvalue weighted by atomic mass is 10.0. The van der Waals surface area contributed by atoms with Crippen LogP contribution in [-0.2, 0) is 0 Å². The number of hydrogen-bond donors (Lipinski definition) is 0. The molecule has 0 saturated heterocycles. The van der Waals surface area contributed by atoms with Gasteiger partial charge in [-0.25, -0.2) is 9.97 Å². The second-order valence-corrected chi connectivity index (χ2v) is 7.61. The van der Waals surface area contributed by atoms with E-state index in [2.05, 4.69) is 45.2 Å². The smallest absolute Gasteiger partial charge is 0.316 e. The molecular weight excluding hydrogens is 404 g/mol. The van der Waals surface area contributed by atoms with E-state index in [0.717, 1.165) is 50.4 Å². The van der Waals surface area contributed by atoms with Gasteiger partial charge in [-0.05, 0) is 50.6 Å². The zero-order chi connectivity index (χ0) is 22.2. The first kappa shape index (κ1) is 19.9. The van der Waals surface area contributed by atoms with E-state index in [1.54, 1.807) is 25.7 Å². The van der Waals surface area contributed by atoms with Gasteiger partial charge in [0.1, 0.15) is 11.5 Å². The minimum absolute atomic E-state index is 0.0773. The van der Waals surface area contributed by atoms with Gasteiger partial charge in [0.2, 0.25) is 0 Å². The molecule has 4 aromatic heterocycles. The second-order valence-electron chi connectivity index (χ2n) is 7.61. The van der Waals surface area contributed by atoms with E-state index in [1.165, 1.54) is 0 Å². The van der Waals surface area contributed by atoms with Crippen molar-refractivity contribution in [3.8, 4) is 28.4 Å². The van der Waals surface area contributed by atoms with E-state index in [-0.39, 0.29) is 6.04 Å². The zero-order valence-corrected chi connectivity index (χ0v) is 18.3. The number of methoxy groups -OCH3 is 1. The Balaban J connectivity index is 1.73. The molecule has 160 valence electrons. The standard InChI is InChI=1S/C24H22N6O2/c1-14-22(16(3)32-29-14)17-8-9-19-21(11-17)30(15(2)20-7-5-6-10-25-20)28-23(19)18-12-26-24(31-4)27-13-18/h5-13,15H,1-4H3/t15-/m0/s1. The van der Waals surface area contributed by atoms with Gasteiger partial charge >= 0.3 is 6.01 Å². The van der Waals surface area contributed by atoms with Crippen LogP contribution in [0.1, 0.15) is 30.1 Å². The summed E-state index contributed by atoms with van der Waals surface area (Å²) >= 11 is 0. The SMILES string of the molecule is COc1ncc(-c2nn([C@@H](C)c3ccccn3)c3cc(-c4c(C)noc4C)ccc23)cn1. The lowest BCUT2D eigenvalue weighted by molar-refractivity contribution is 0.380. The first-order chi connectivity index (χ1) is 15.6. The van der Waals surface area contributed by atoms with Crippen molar-refractivity contribution in [3.63, 3.8) is 0 Å². The fraction of sp³-hybridized carbons (Fsp3) is 0.208. The van der Waals surface area contributed by atoms with Crippen LogP contribution in [0.3, 0.4) is 0 Å². The van der Waals surface area contributed by atoms with E-state index >= 15 is 0 Å². The predicted molar refractivity (Wildman–Crippen MR) is 120 cm³/mol. The molecule has 8 heteroatoms. The van der Waals surface area contributed by atoms with Crippen LogP contribution in [0.5, 0.6) is 6.01 Å². The maximum Gasteiger partial charge on any atom is 0.316 e. The van der Waals surface area contributed by atoms with Crippen LogP contribution in [0.4, 0.5) is 0 Å². The van der Waals surface area contributed by atoms with Crippen molar-refractivity contribution in [3.05, 3.63) is 72.1 Å². The highest BCUT2D eigenvalue weighted by Crippen LogP contribution is 2.35. The second kappa shape index (κ2) is 7.88. The first-order valence-corrected chi connectivity index (χ1v) is 10.3. The van der Waals surface area contributed by atoms with Crippen molar-refractivity contribution in [1.29, 1.82) is 0 Å². The summed E-state index contributed by atoms with van der Waals surface area (Å²) in [5, 5.41) is 10.1. The lowest BCUT2D eigenvalue weighted by Gasteiger charge is -2.13. The van der Waals surface area contributed by atoms with Crippen molar-refractivity contribution >= 4 is 10.9 Å². The van der Waals surface area contributed by atoms with Crippen LogP contribution in [0.25, 0.3) is 33.3 Å². The molecule has 0 unspecified atom stereocenters. The molecule has 0 radical (unpaired) electrons. The van der Waals surface area contributed by atoms with Crippen molar-refractivity contribution in [1.82, 2.24) is 29.9 Å². The quantitative estimate of drug-likeness (QED) is 0.399. The summed E-state index contributed by atoms with van der Waals surface area (Å²) in [4.78, 5) is 13.1. The van der Waals surface area contributed by atoms with Crippen molar-refractivity contribution in [2.75, 3.05) is 7.11 Å². The molecule has 32 heavy (non-hydrogen) atoms. The fourth-order valence-electron chi connectivity index (χ4n) is 3.99. The Morgan fingerprint density at radius 2 is 1.81 bits per heavy atom. The van der Waals surface area contributed by atoms with E-state index in [4.69, 9.17) is 14.4 Å². The third kappa shape index (κ3) is 3.30. The number of aryl methyl sites for hydroxylation is 2. The Bertz CT molecular complexity index is 1370. The Morgan fingerprint density at radius 3 is 2.47 bits per heavy atom. The van der Waals surface area contributed by atoms with Crippen molar-refractivity contribution in [2.45, 2.75) is 26.8 Å². The average Bonchev–Trinajstić information content (AvgIpc) is 3.38. The maximum atomic E-state index is 5.39. The summed E-state index contributed by atoms with van der Waals surface area (Å²) in [6, 6.07) is 12.4. The lowest BCUT2D eigenvalue weighted by Crippen LogP contribution is -2.10. The number of pyridine rings is 1. The summed E-state index contributed by atoms with van der Waals surface area (Å²) in [5.74, 6) is 0.787. The number of nitrogens with zero attached hydrogens (tertiary/aromatic N) is 6. The van der Waals surface area contributed by atoms with Crippen LogP contribution >= 0.6 is 0 Å². The molecule has 1 atom stereocenters. The van der Waals surface area contributed by atoms with Gasteiger partial charge < -0.3 is 9.26 Å². The predicted octanol–water partition coefficient (Wildman–Crippen LogP) is 4.78. The summed E-state index contributed by atoms with van der Waals surface area (Å²) in [6.07, 6.45) is 5.25. The normalized spacial score (nSPS) is 12.2. The highest BCUT2D eigenvalue weighted by Gasteiger charge is 2.21. The first-order valence-electron chi connectivity index (χ1n) is 10.3. The average molecular weight is 426 g/mol. The van der Waals surface area contributed by atoms with Gasteiger partial charge in [0.05, 0.1) is 30.1 Å². The van der Waals surface area contributed by atoms with Gasteiger partial charge in [-0.1, -0.05) is 17.3 Å². The molecule has 0 amide bonds. The zero-order valence-electron chi connectivity index (χ0n) is 18.3. The van der Waals surface area contributed by atoms with Gasteiger partial charge in [0, 0.05) is 35.1 Å². The van der Waals surface area contributed by atoms with E-state index in [1.807, 2.05) is 36.7 Å². The molecule has 0 bridgehead atoms. The van der Waals surface area contributed by atoms with E-state index in [9.17, 15) is 0 Å². The highest BCUT2D eigenvalue weighted by atomic mass is 16.5. The number of aromatic nitrogens is 6. The molecule has 8 nitrogen and oxygen atoms in total. The third-order valence-corrected chi connectivity index (χ3v) is 5.60. The molecular formula is C24H22N6O2. The molecule has 5 rings (SSSR count). The van der Waals surface area contributed by atoms with Crippen LogP contribution in [0.2, 0.25) is 0 Å². The third-order valence-electron chi connectivity index (χ3n) is 5.60. The molecule has 5 aromatic rings. The minimum atomic E-state index is -0.0773. The van der Waals surface area contributed by atoms with Gasteiger partial charge in [-0.15, -0.1) is 0 Å². The summed E-state index contributed by atoms with van der Waals surface area (Å²) < 4.78 is 12.5. The number of benzene rings is 1. The topological polar surface area (TPSA) is 91.8 Å². The van der Waals surface area contributed by atoms with Crippen molar-refractivity contribution in [2.24, 2.45) is 0 Å². The fourth-order valence-corrected chi connectivity index (χ4v) is 3.99. The Morgan fingerprint density at radius 1 is 1.00 bits per heavy atom. The van der Waals surface area contributed by atoms with Crippen LogP contribution < -0.4 is 4.74 Å². The molecule has 1 aromatic carbocycles. The highest BCUT2D eigenvalue weighted by molar-refractivity contribution is 5.95. The molecule has 0 saturated carbocycles. The minimum Gasteiger partial charge on any atom is -0.467 e. The monoisotopic (exact) mass is 426 g/mol. The van der Waals surface area contributed by atoms with Crippen LogP contribution in [0, 0.1) is 13.8 Å². The summed E-state index contributed by atoms with van der Waals surface area (Å²) in [7, 11) is 1.55. The molecule has 0 fully saturated rings. The van der Waals surface area contributed by atoms with E-state index < -0.39 is 0 Å². The molecule has 0 aliphatic carbocycles. The van der Waals surface area contributed by atoms with Crippen LogP contribution in [-0.4, -0.2) is 37.0 Å². The van der Waals surface area contributed by atoms with Gasteiger partial charge in [0.15, 0.2) is 0 Å². The van der Waals surface area contributed by atoms with Crippen LogP contribution in [0.15, 0.2) is 59.5 Å². The number of fused-ring (bicyclic) bond motifs is 1. The number of hydrogen-bond acceptors (Lipinski definition) is 7.